The highest BCUT2D eigenvalue weighted by molar-refractivity contribution is 5.93. The Morgan fingerprint density at radius 3 is 1.41 bits per heavy atom. The van der Waals surface area contributed by atoms with Crippen LogP contribution in [0.5, 0.6) is 23.0 Å². The van der Waals surface area contributed by atoms with Crippen LogP contribution in [-0.4, -0.2) is 87.5 Å². The van der Waals surface area contributed by atoms with E-state index in [4.69, 9.17) is 42.3 Å². The summed E-state index contributed by atoms with van der Waals surface area (Å²) in [6.45, 7) is 6.03. The number of aliphatic carboxylic acids is 1. The van der Waals surface area contributed by atoms with Crippen LogP contribution in [0.25, 0.3) is 11.0 Å². The fourth-order valence-electron chi connectivity index (χ4n) is 8.87. The van der Waals surface area contributed by atoms with Gasteiger partial charge < -0.3 is 57.4 Å². The molecule has 0 unspecified atom stereocenters. The van der Waals surface area contributed by atoms with E-state index in [9.17, 15) is 38.1 Å². The number of pyridine rings is 2. The number of aromatic nitrogens is 2. The minimum atomic E-state index is -5.08. The van der Waals surface area contributed by atoms with Crippen molar-refractivity contribution in [2.24, 2.45) is 22.9 Å². The van der Waals surface area contributed by atoms with Crippen LogP contribution in [0, 0.1) is 6.92 Å². The topological polar surface area (TPSA) is 272 Å². The highest BCUT2D eigenvalue weighted by Gasteiger charge is 2.38. The maximum Gasteiger partial charge on any atom is 0.490 e. The second-order valence-corrected chi connectivity index (χ2v) is 17.5. The highest BCUT2D eigenvalue weighted by Crippen LogP contribution is 2.40. The number of benzene rings is 4. The van der Waals surface area contributed by atoms with Crippen LogP contribution in [0.2, 0.25) is 0 Å². The molecule has 2 aromatic heterocycles. The van der Waals surface area contributed by atoms with E-state index in [1.54, 1.807) is 16.7 Å². The van der Waals surface area contributed by atoms with E-state index < -0.39 is 23.5 Å². The predicted octanol–water partition coefficient (Wildman–Crippen LogP) is 5.78. The molecule has 12 N–H and O–H groups in total. The van der Waals surface area contributed by atoms with Crippen molar-refractivity contribution < 1.29 is 52.7 Å². The fourth-order valence-corrected chi connectivity index (χ4v) is 8.87. The summed E-state index contributed by atoms with van der Waals surface area (Å²) in [6, 6.07) is 19.2. The number of phenols is 3. The lowest BCUT2D eigenvalue weighted by molar-refractivity contribution is -0.192. The van der Waals surface area contributed by atoms with Crippen LogP contribution < -0.4 is 33.1 Å². The molecule has 0 aliphatic heterocycles. The van der Waals surface area contributed by atoms with Gasteiger partial charge in [-0.2, -0.15) is 13.2 Å². The first-order valence-corrected chi connectivity index (χ1v) is 23.5. The molecule has 0 amide bonds. The van der Waals surface area contributed by atoms with Crippen molar-refractivity contribution in [2.45, 2.75) is 84.4 Å². The van der Waals surface area contributed by atoms with Crippen molar-refractivity contribution in [2.75, 3.05) is 39.4 Å². The van der Waals surface area contributed by atoms with Gasteiger partial charge in [0.05, 0.1) is 18.6 Å². The first-order valence-electron chi connectivity index (χ1n) is 23.5. The number of carboxylic acids is 1. The average Bonchev–Trinajstić information content (AvgIpc) is 3.31. The molecule has 7 rings (SSSR count). The number of fused-ring (bicyclic) bond motifs is 9. The van der Waals surface area contributed by atoms with Gasteiger partial charge in [0.15, 0.2) is 0 Å². The maximum absolute atomic E-state index is 13.4. The summed E-state index contributed by atoms with van der Waals surface area (Å²) in [7, 11) is 0. The molecular formula is C53H61F3N6O9. The van der Waals surface area contributed by atoms with Gasteiger partial charge in [0.25, 0.3) is 0 Å². The predicted molar refractivity (Wildman–Crippen MR) is 264 cm³/mol. The van der Waals surface area contributed by atoms with Crippen LogP contribution in [0.4, 0.5) is 13.2 Å². The molecular weight excluding hydrogens is 922 g/mol. The van der Waals surface area contributed by atoms with Gasteiger partial charge in [0, 0.05) is 50.5 Å². The van der Waals surface area contributed by atoms with Crippen LogP contribution in [0.3, 0.4) is 0 Å². The van der Waals surface area contributed by atoms with Crippen molar-refractivity contribution in [3.8, 4) is 23.0 Å². The zero-order chi connectivity index (χ0) is 51.6. The van der Waals surface area contributed by atoms with Crippen LogP contribution >= 0.6 is 0 Å². The van der Waals surface area contributed by atoms with Gasteiger partial charge in [0.1, 0.15) is 34.2 Å². The van der Waals surface area contributed by atoms with Crippen molar-refractivity contribution in [3.63, 3.8) is 0 Å². The minimum absolute atomic E-state index is 0.0128. The van der Waals surface area contributed by atoms with Crippen LogP contribution in [0.1, 0.15) is 96.2 Å². The molecule has 0 saturated carbocycles. The Morgan fingerprint density at radius 2 is 1.04 bits per heavy atom. The molecule has 378 valence electrons. The average molecular weight is 983 g/mol. The molecule has 0 spiro atoms. The van der Waals surface area contributed by atoms with E-state index in [0.717, 1.165) is 39.1 Å². The molecule has 8 bridgehead atoms. The number of alkyl halides is 3. The molecule has 0 fully saturated rings. The van der Waals surface area contributed by atoms with E-state index in [0.29, 0.717) is 115 Å². The molecule has 4 aromatic carbocycles. The highest BCUT2D eigenvalue weighted by atomic mass is 19.4. The number of nitrogens with zero attached hydrogens (tertiary/aromatic N) is 2. The molecule has 1 aliphatic rings. The lowest BCUT2D eigenvalue weighted by atomic mass is 9.87. The number of nitrogens with two attached hydrogens (primary N) is 4. The standard InChI is InChI=1S/C51H60N6O7.C2HF3O2/c1-3-57-29-44(48(61)43-6-5-30(2)56-50(43)57)51(62)64-16-4-15-63-49-41-23-34(10-14-55)24-42(49)28-40-22-33(9-13-54)20-38(47(40)60)26-36-18-31(7-11-52)17-35(45(36)58)25-37-19-32(8-12-53)21-39(27-41)46(37)59;3-2(4,5)1(6)7/h5-6,17-24,29,58-60H,3-4,7-16,25-28,52-55H2,1-2H3;(H,6,7). The Kier molecular flexibility index (Phi) is 17.8. The van der Waals surface area contributed by atoms with E-state index in [1.165, 1.54) is 6.20 Å². The van der Waals surface area contributed by atoms with Gasteiger partial charge in [-0.15, -0.1) is 0 Å². The second-order valence-electron chi connectivity index (χ2n) is 17.5. The summed E-state index contributed by atoms with van der Waals surface area (Å²) in [5.41, 5.74) is 34.4. The number of hydrogen-bond acceptors (Lipinski definition) is 13. The number of esters is 1. The molecule has 71 heavy (non-hydrogen) atoms. The Morgan fingerprint density at radius 1 is 0.662 bits per heavy atom. The molecule has 0 saturated heterocycles. The Balaban J connectivity index is 0.00000110. The number of ether oxygens (including phenoxy) is 2. The van der Waals surface area contributed by atoms with Gasteiger partial charge in [-0.3, -0.25) is 4.79 Å². The third-order valence-corrected chi connectivity index (χ3v) is 12.2. The number of hydrogen-bond donors (Lipinski definition) is 8. The number of phenolic OH excluding ortho intramolecular Hbond substituents is 3. The summed E-state index contributed by atoms with van der Waals surface area (Å²) in [4.78, 5) is 40.2. The second kappa shape index (κ2) is 23.7. The van der Waals surface area contributed by atoms with Gasteiger partial charge in [-0.05, 0) is 145 Å². The molecule has 1 aliphatic carbocycles. The minimum Gasteiger partial charge on any atom is -0.507 e. The number of rotatable bonds is 15. The van der Waals surface area contributed by atoms with Gasteiger partial charge in [-0.1, -0.05) is 48.5 Å². The van der Waals surface area contributed by atoms with E-state index in [2.05, 4.69) is 4.98 Å². The Bertz CT molecular complexity index is 2870. The smallest absolute Gasteiger partial charge is 0.490 e. The van der Waals surface area contributed by atoms with E-state index in [1.807, 2.05) is 62.4 Å². The van der Waals surface area contributed by atoms with Gasteiger partial charge in [-0.25, -0.2) is 14.6 Å². The molecule has 6 aromatic rings. The number of carbonyl (C=O) groups excluding carboxylic acids is 1. The fraction of sp³-hybridized carbons (Fsp3) is 0.358. The number of carboxylic acid groups (broad SMARTS) is 1. The summed E-state index contributed by atoms with van der Waals surface area (Å²) < 4.78 is 45.9. The summed E-state index contributed by atoms with van der Waals surface area (Å²) >= 11 is 0. The summed E-state index contributed by atoms with van der Waals surface area (Å²) in [5.74, 6) is -2.59. The number of aryl methyl sites for hydroxylation is 2. The van der Waals surface area contributed by atoms with Crippen molar-refractivity contribution in [1.82, 2.24) is 9.55 Å². The number of aromatic hydroxyl groups is 3. The van der Waals surface area contributed by atoms with Crippen molar-refractivity contribution in [1.29, 1.82) is 0 Å². The van der Waals surface area contributed by atoms with Crippen molar-refractivity contribution >= 4 is 23.0 Å². The number of halogens is 3. The summed E-state index contributed by atoms with van der Waals surface area (Å²) in [5, 5.41) is 43.5. The van der Waals surface area contributed by atoms with E-state index in [-0.39, 0.29) is 61.7 Å². The van der Waals surface area contributed by atoms with Crippen molar-refractivity contribution in [3.05, 3.63) is 155 Å². The zero-order valence-corrected chi connectivity index (χ0v) is 39.8. The summed E-state index contributed by atoms with van der Waals surface area (Å²) in [6.07, 6.45) is 0.0789. The maximum atomic E-state index is 13.4. The largest absolute Gasteiger partial charge is 0.507 e. The third-order valence-electron chi connectivity index (χ3n) is 12.2. The first-order chi connectivity index (χ1) is 33.9. The quantitative estimate of drug-likeness (QED) is 0.0447. The normalized spacial score (nSPS) is 12.3. The Labute approximate surface area is 408 Å². The van der Waals surface area contributed by atoms with Gasteiger partial charge in [0.2, 0.25) is 5.43 Å². The molecule has 15 nitrogen and oxygen atoms in total. The monoisotopic (exact) mass is 982 g/mol. The molecule has 0 radical (unpaired) electrons. The van der Waals surface area contributed by atoms with Crippen LogP contribution in [-0.2, 0) is 67.4 Å². The molecule has 0 atom stereocenters. The molecule has 2 heterocycles. The van der Waals surface area contributed by atoms with Gasteiger partial charge >= 0.3 is 18.1 Å². The first kappa shape index (κ1) is 53.4. The SMILES string of the molecule is CCn1cc(C(=O)OCCCOc2c3cc(CCN)cc2Cc2cc(CCN)cc(c2O)Cc2cc(CCN)cc(c2O)Cc2cc(CCN)cc(c2O)C3)c(=O)c2ccc(C)nc21.O=C(O)C(F)(F)F. The lowest BCUT2D eigenvalue weighted by Gasteiger charge is -2.22. The lowest BCUT2D eigenvalue weighted by Crippen LogP contribution is -2.22. The van der Waals surface area contributed by atoms with E-state index >= 15 is 0 Å². The molecule has 18 heteroatoms. The van der Waals surface area contributed by atoms with Crippen LogP contribution in [0.15, 0.2) is 71.7 Å². The number of carbonyl (C=O) groups is 2. The zero-order valence-electron chi connectivity index (χ0n) is 39.8. The third kappa shape index (κ3) is 13.1. The Hall–Kier alpha value is -6.99.